The van der Waals surface area contributed by atoms with Crippen molar-refractivity contribution in [1.82, 2.24) is 0 Å². The van der Waals surface area contributed by atoms with Crippen molar-refractivity contribution < 1.29 is 10.2 Å². The van der Waals surface area contributed by atoms with Crippen LogP contribution in [-0.4, -0.2) is 10.2 Å². The topological polar surface area (TPSA) is 92.5 Å². The molecule has 2 rings (SSSR count). The molecule has 0 saturated carbocycles. The number of aromatic hydroxyl groups is 2. The van der Waals surface area contributed by atoms with Crippen LogP contribution in [0.4, 0.5) is 11.4 Å². The Labute approximate surface area is 92.8 Å². The number of phenols is 2. The number of anilines is 2. The molecule has 0 amide bonds. The average molecular weight is 216 g/mol. The van der Waals surface area contributed by atoms with E-state index < -0.39 is 0 Å². The summed E-state index contributed by atoms with van der Waals surface area (Å²) in [5, 5.41) is 19.4. The van der Waals surface area contributed by atoms with Crippen LogP contribution in [0.3, 0.4) is 0 Å². The van der Waals surface area contributed by atoms with Gasteiger partial charge in [0.15, 0.2) is 0 Å². The fourth-order valence-electron chi connectivity index (χ4n) is 1.61. The molecule has 0 aliphatic heterocycles. The van der Waals surface area contributed by atoms with Gasteiger partial charge in [0, 0.05) is 16.9 Å². The Morgan fingerprint density at radius 3 is 2.06 bits per heavy atom. The number of benzene rings is 2. The van der Waals surface area contributed by atoms with E-state index in [1.807, 2.05) is 0 Å². The van der Waals surface area contributed by atoms with Gasteiger partial charge in [-0.3, -0.25) is 0 Å². The lowest BCUT2D eigenvalue weighted by molar-refractivity contribution is 0.454. The van der Waals surface area contributed by atoms with Crippen LogP contribution in [0.1, 0.15) is 0 Å². The molecular weight excluding hydrogens is 204 g/mol. The van der Waals surface area contributed by atoms with Gasteiger partial charge in [-0.15, -0.1) is 0 Å². The fourth-order valence-corrected chi connectivity index (χ4v) is 1.61. The number of nitrogens with two attached hydrogens (primary N) is 2. The van der Waals surface area contributed by atoms with E-state index in [4.69, 9.17) is 11.5 Å². The lowest BCUT2D eigenvalue weighted by Crippen LogP contribution is -1.93. The van der Waals surface area contributed by atoms with Crippen molar-refractivity contribution in [3.05, 3.63) is 36.4 Å². The van der Waals surface area contributed by atoms with E-state index in [1.54, 1.807) is 24.3 Å². The maximum absolute atomic E-state index is 9.69. The third kappa shape index (κ3) is 1.61. The standard InChI is InChI=1S/C12H12N2O2/c13-7-4-5-8(9(14)6-7)12-10(15)2-1-3-11(12)16/h1-6,15-16H,13-14H2. The Balaban J connectivity index is 2.68. The fraction of sp³-hybridized carbons (Fsp3) is 0. The number of phenolic OH excluding ortho intramolecular Hbond substituents is 2. The van der Waals surface area contributed by atoms with Crippen molar-refractivity contribution in [3.8, 4) is 22.6 Å². The maximum Gasteiger partial charge on any atom is 0.127 e. The van der Waals surface area contributed by atoms with Gasteiger partial charge >= 0.3 is 0 Å². The molecule has 82 valence electrons. The quantitative estimate of drug-likeness (QED) is 0.548. The van der Waals surface area contributed by atoms with Crippen LogP contribution in [-0.2, 0) is 0 Å². The maximum atomic E-state index is 9.69. The van der Waals surface area contributed by atoms with Crippen LogP contribution in [0.25, 0.3) is 11.1 Å². The van der Waals surface area contributed by atoms with Crippen molar-refractivity contribution in [2.75, 3.05) is 11.5 Å². The van der Waals surface area contributed by atoms with Gasteiger partial charge in [0.05, 0.1) is 5.56 Å². The zero-order valence-electron chi connectivity index (χ0n) is 8.51. The molecule has 16 heavy (non-hydrogen) atoms. The molecule has 4 heteroatoms. The predicted octanol–water partition coefficient (Wildman–Crippen LogP) is 1.93. The van der Waals surface area contributed by atoms with Crippen molar-refractivity contribution >= 4 is 11.4 Å². The lowest BCUT2D eigenvalue weighted by atomic mass is 10.0. The van der Waals surface area contributed by atoms with Crippen LogP contribution in [0, 0.1) is 0 Å². The Hall–Kier alpha value is -2.36. The SMILES string of the molecule is Nc1ccc(-c2c(O)cccc2O)c(N)c1. The van der Waals surface area contributed by atoms with Gasteiger partial charge in [-0.05, 0) is 30.3 Å². The Morgan fingerprint density at radius 1 is 0.875 bits per heavy atom. The van der Waals surface area contributed by atoms with E-state index in [-0.39, 0.29) is 11.5 Å². The molecule has 6 N–H and O–H groups in total. The highest BCUT2D eigenvalue weighted by atomic mass is 16.3. The third-order valence-electron chi connectivity index (χ3n) is 2.37. The first-order chi connectivity index (χ1) is 7.59. The third-order valence-corrected chi connectivity index (χ3v) is 2.37. The molecule has 0 aliphatic rings. The second kappa shape index (κ2) is 3.66. The minimum Gasteiger partial charge on any atom is -0.507 e. The van der Waals surface area contributed by atoms with E-state index in [0.29, 0.717) is 22.5 Å². The van der Waals surface area contributed by atoms with Gasteiger partial charge < -0.3 is 21.7 Å². The highest BCUT2D eigenvalue weighted by Crippen LogP contribution is 2.40. The van der Waals surface area contributed by atoms with E-state index in [1.165, 1.54) is 12.1 Å². The van der Waals surface area contributed by atoms with Crippen LogP contribution < -0.4 is 11.5 Å². The Kier molecular flexibility index (Phi) is 2.32. The minimum atomic E-state index is -0.0172. The minimum absolute atomic E-state index is 0.0172. The summed E-state index contributed by atoms with van der Waals surface area (Å²) in [6.07, 6.45) is 0. The summed E-state index contributed by atoms with van der Waals surface area (Å²) in [7, 11) is 0. The monoisotopic (exact) mass is 216 g/mol. The van der Waals surface area contributed by atoms with Crippen LogP contribution >= 0.6 is 0 Å². The second-order valence-electron chi connectivity index (χ2n) is 3.52. The molecule has 2 aromatic carbocycles. The van der Waals surface area contributed by atoms with Crippen molar-refractivity contribution in [3.63, 3.8) is 0 Å². The summed E-state index contributed by atoms with van der Waals surface area (Å²) in [4.78, 5) is 0. The van der Waals surface area contributed by atoms with E-state index >= 15 is 0 Å². The number of nitrogen functional groups attached to an aromatic ring is 2. The molecule has 2 aromatic rings. The highest BCUT2D eigenvalue weighted by molar-refractivity contribution is 5.85. The number of hydrogen-bond donors (Lipinski definition) is 4. The largest absolute Gasteiger partial charge is 0.507 e. The molecule has 4 nitrogen and oxygen atoms in total. The highest BCUT2D eigenvalue weighted by Gasteiger charge is 2.12. The molecule has 0 heterocycles. The summed E-state index contributed by atoms with van der Waals surface area (Å²) in [6, 6.07) is 9.45. The zero-order valence-corrected chi connectivity index (χ0v) is 8.51. The molecule has 0 aromatic heterocycles. The predicted molar refractivity (Wildman–Crippen MR) is 64.0 cm³/mol. The number of hydrogen-bond acceptors (Lipinski definition) is 4. The van der Waals surface area contributed by atoms with Crippen molar-refractivity contribution in [1.29, 1.82) is 0 Å². The molecule has 0 atom stereocenters. The van der Waals surface area contributed by atoms with Gasteiger partial charge in [-0.25, -0.2) is 0 Å². The first kappa shape index (κ1) is 10.2. The van der Waals surface area contributed by atoms with Crippen LogP contribution in [0.2, 0.25) is 0 Å². The normalized spacial score (nSPS) is 10.2. The average Bonchev–Trinajstić information content (AvgIpc) is 2.20. The summed E-state index contributed by atoms with van der Waals surface area (Å²) < 4.78 is 0. The van der Waals surface area contributed by atoms with Gasteiger partial charge in [0.1, 0.15) is 11.5 Å². The molecular formula is C12H12N2O2. The van der Waals surface area contributed by atoms with E-state index in [2.05, 4.69) is 0 Å². The summed E-state index contributed by atoms with van der Waals surface area (Å²) >= 11 is 0. The lowest BCUT2D eigenvalue weighted by Gasteiger charge is -2.10. The van der Waals surface area contributed by atoms with Gasteiger partial charge in [0.2, 0.25) is 0 Å². The van der Waals surface area contributed by atoms with E-state index in [0.717, 1.165) is 0 Å². The van der Waals surface area contributed by atoms with Gasteiger partial charge in [0.25, 0.3) is 0 Å². The molecule has 0 aliphatic carbocycles. The summed E-state index contributed by atoms with van der Waals surface area (Å²) in [6.45, 7) is 0. The smallest absolute Gasteiger partial charge is 0.127 e. The first-order valence-electron chi connectivity index (χ1n) is 4.76. The van der Waals surface area contributed by atoms with Crippen LogP contribution in [0.15, 0.2) is 36.4 Å². The molecule has 0 fully saturated rings. The zero-order chi connectivity index (χ0) is 11.7. The molecule has 0 unspecified atom stereocenters. The second-order valence-corrected chi connectivity index (χ2v) is 3.52. The van der Waals surface area contributed by atoms with Crippen molar-refractivity contribution in [2.24, 2.45) is 0 Å². The number of rotatable bonds is 1. The van der Waals surface area contributed by atoms with Crippen LogP contribution in [0.5, 0.6) is 11.5 Å². The van der Waals surface area contributed by atoms with Gasteiger partial charge in [-0.2, -0.15) is 0 Å². The van der Waals surface area contributed by atoms with E-state index in [9.17, 15) is 10.2 Å². The first-order valence-corrected chi connectivity index (χ1v) is 4.76. The Morgan fingerprint density at radius 2 is 1.50 bits per heavy atom. The summed E-state index contributed by atoms with van der Waals surface area (Å²) in [5.74, 6) is -0.0343. The molecule has 0 bridgehead atoms. The molecule has 0 radical (unpaired) electrons. The van der Waals surface area contributed by atoms with Gasteiger partial charge in [-0.1, -0.05) is 6.07 Å². The molecule has 0 saturated heterocycles. The van der Waals surface area contributed by atoms with Crippen molar-refractivity contribution in [2.45, 2.75) is 0 Å². The molecule has 0 spiro atoms. The summed E-state index contributed by atoms with van der Waals surface area (Å²) in [5.41, 5.74) is 13.2. The Bertz CT molecular complexity index is 518.